The van der Waals surface area contributed by atoms with Crippen molar-refractivity contribution in [1.82, 2.24) is 0 Å². The number of hydrogen-bond donors (Lipinski definition) is 0. The maximum absolute atomic E-state index is 5.68. The number of benzene rings is 3. The highest BCUT2D eigenvalue weighted by molar-refractivity contribution is 14.1. The van der Waals surface area contributed by atoms with Gasteiger partial charge in [0.05, 0.1) is 35.5 Å². The monoisotopic (exact) mass is 794 g/mol. The summed E-state index contributed by atoms with van der Waals surface area (Å²) >= 11 is 45.6. The minimum Gasteiger partial charge on any atom is -0.135 e. The van der Waals surface area contributed by atoms with Crippen molar-refractivity contribution >= 4 is 123 Å². The van der Waals surface area contributed by atoms with E-state index in [9.17, 15) is 0 Å². The zero-order valence-electron chi connectivity index (χ0n) is 20.5. The molecule has 38 heavy (non-hydrogen) atoms. The molecular weight excluding hydrogens is 775 g/mol. The summed E-state index contributed by atoms with van der Waals surface area (Å²) in [7, 11) is -1.10. The van der Waals surface area contributed by atoms with Gasteiger partial charge < -0.3 is 0 Å². The maximum Gasteiger partial charge on any atom is 0.128 e. The Morgan fingerprint density at radius 3 is 1.11 bits per heavy atom. The molecule has 3 rings (SSSR count). The van der Waals surface area contributed by atoms with Crippen LogP contribution in [0.2, 0.25) is 49.8 Å². The molecule has 3 aromatic rings. The first kappa shape index (κ1) is 39.7. The molecule has 0 saturated heterocycles. The normalized spacial score (nSPS) is 9.08. The zero-order valence-corrected chi connectivity index (χ0v) is 29.7. The SMILES string of the molecule is C#C[Si](C)(C)C.C#Cc1ccc(Cl)c(Cl)c1.C#Cc1ccc(Cl)c(Cl)c1.ClCCl.Clc1ccc(I)cc1Cl. The molecule has 0 aromatic heterocycles. The van der Waals surface area contributed by atoms with Crippen LogP contribution in [-0.2, 0) is 0 Å². The lowest BCUT2D eigenvalue weighted by Crippen LogP contribution is -2.15. The minimum absolute atomic E-state index is 0.194. The van der Waals surface area contributed by atoms with Crippen LogP contribution in [0, 0.1) is 40.2 Å². The van der Waals surface area contributed by atoms with Gasteiger partial charge in [-0.1, -0.05) is 101 Å². The van der Waals surface area contributed by atoms with Gasteiger partial charge in [-0.15, -0.1) is 48.0 Å². The Hall–Kier alpha value is -0.393. The van der Waals surface area contributed by atoms with Crippen molar-refractivity contribution in [2.24, 2.45) is 0 Å². The van der Waals surface area contributed by atoms with Crippen LogP contribution in [-0.4, -0.2) is 13.4 Å². The summed E-state index contributed by atoms with van der Waals surface area (Å²) in [6, 6.07) is 15.7. The van der Waals surface area contributed by atoms with Crippen LogP contribution in [0.15, 0.2) is 54.6 Å². The number of rotatable bonds is 0. The van der Waals surface area contributed by atoms with Gasteiger partial charge in [0.25, 0.3) is 0 Å². The molecule has 0 saturated carbocycles. The molecule has 0 aliphatic carbocycles. The van der Waals surface area contributed by atoms with Gasteiger partial charge in [-0.2, -0.15) is 0 Å². The lowest BCUT2D eigenvalue weighted by molar-refractivity contribution is 1.65. The quantitative estimate of drug-likeness (QED) is 0.0699. The maximum atomic E-state index is 5.68. The summed E-state index contributed by atoms with van der Waals surface area (Å²) in [6.07, 6.45) is 15.4. The second-order valence-corrected chi connectivity index (χ2v) is 16.9. The van der Waals surface area contributed by atoms with Gasteiger partial charge in [0.2, 0.25) is 0 Å². The largest absolute Gasteiger partial charge is 0.135 e. The first-order valence-electron chi connectivity index (χ1n) is 10.2. The van der Waals surface area contributed by atoms with Crippen LogP contribution in [0.3, 0.4) is 0 Å². The van der Waals surface area contributed by atoms with E-state index in [1.54, 1.807) is 42.5 Å². The van der Waals surface area contributed by atoms with E-state index in [-0.39, 0.29) is 5.34 Å². The van der Waals surface area contributed by atoms with Crippen molar-refractivity contribution in [2.45, 2.75) is 19.6 Å². The van der Waals surface area contributed by atoms with E-state index in [1.807, 2.05) is 12.1 Å². The molecule has 10 heteroatoms. The number of halogens is 9. The van der Waals surface area contributed by atoms with E-state index in [2.05, 4.69) is 59.6 Å². The van der Waals surface area contributed by atoms with Gasteiger partial charge >= 0.3 is 0 Å². The molecule has 0 heterocycles. The Bertz CT molecular complexity index is 1200. The number of hydrogen-bond acceptors (Lipinski definition) is 0. The number of alkyl halides is 2. The standard InChI is InChI=1S/2C8H4Cl2.C6H3Cl2I.C5H10Si.CH2Cl2/c2*1-2-6-3-4-7(9)8(10)5-6;7-5-2-1-4(9)3-6(5)8;1-5-6(2,3)4;2-1-3/h2*1,3-5H;1-3H;1H,2-4H3;1H2. The Labute approximate surface area is 281 Å². The average Bonchev–Trinajstić information content (AvgIpc) is 2.86. The fourth-order valence-corrected chi connectivity index (χ4v) is 3.21. The van der Waals surface area contributed by atoms with Gasteiger partial charge in [0, 0.05) is 14.7 Å². The molecule has 0 radical (unpaired) electrons. The second kappa shape index (κ2) is 22.3. The van der Waals surface area contributed by atoms with E-state index in [1.165, 1.54) is 0 Å². The smallest absolute Gasteiger partial charge is 0.128 e. The Morgan fingerprint density at radius 2 is 0.895 bits per heavy atom. The Balaban J connectivity index is 0. The molecule has 3 aromatic carbocycles. The topological polar surface area (TPSA) is 0 Å². The van der Waals surface area contributed by atoms with Crippen LogP contribution in [0.25, 0.3) is 0 Å². The van der Waals surface area contributed by atoms with Crippen molar-refractivity contribution in [3.63, 3.8) is 0 Å². The summed E-state index contributed by atoms with van der Waals surface area (Å²) in [4.78, 5) is 0. The molecule has 0 aliphatic heterocycles. The lowest BCUT2D eigenvalue weighted by atomic mass is 10.2. The van der Waals surface area contributed by atoms with Crippen LogP contribution in [0.4, 0.5) is 0 Å². The van der Waals surface area contributed by atoms with Crippen molar-refractivity contribution < 1.29 is 0 Å². The zero-order chi connectivity index (χ0) is 29.9. The molecule has 0 nitrogen and oxygen atoms in total. The third-order valence-electron chi connectivity index (χ3n) is 3.49. The molecule has 0 bridgehead atoms. The van der Waals surface area contributed by atoms with Crippen LogP contribution < -0.4 is 0 Å². The van der Waals surface area contributed by atoms with Gasteiger partial charge in [-0.3, -0.25) is 0 Å². The third kappa shape index (κ3) is 20.5. The summed E-state index contributed by atoms with van der Waals surface area (Å²) in [5.41, 5.74) is 4.23. The first-order chi connectivity index (χ1) is 17.6. The van der Waals surface area contributed by atoms with Gasteiger partial charge in [-0.25, -0.2) is 0 Å². The van der Waals surface area contributed by atoms with E-state index < -0.39 is 8.07 Å². The molecule has 0 unspecified atom stereocenters. The van der Waals surface area contributed by atoms with E-state index >= 15 is 0 Å². The fraction of sp³-hybridized carbons (Fsp3) is 0.143. The van der Waals surface area contributed by atoms with Gasteiger partial charge in [0.15, 0.2) is 0 Å². The molecule has 202 valence electrons. The van der Waals surface area contributed by atoms with E-state index in [4.69, 9.17) is 112 Å². The number of terminal acetylenes is 3. The predicted molar refractivity (Wildman–Crippen MR) is 187 cm³/mol. The highest BCUT2D eigenvalue weighted by atomic mass is 127. The van der Waals surface area contributed by atoms with Crippen LogP contribution >= 0.6 is 115 Å². The molecule has 0 atom stereocenters. The average molecular weight is 798 g/mol. The summed E-state index contributed by atoms with van der Waals surface area (Å²) in [5.74, 6) is 4.90. The highest BCUT2D eigenvalue weighted by Gasteiger charge is 2.05. The minimum atomic E-state index is -1.10. The molecule has 0 amide bonds. The molecule has 0 N–H and O–H groups in total. The Morgan fingerprint density at radius 1 is 0.605 bits per heavy atom. The van der Waals surface area contributed by atoms with Crippen molar-refractivity contribution in [1.29, 1.82) is 0 Å². The van der Waals surface area contributed by atoms with E-state index in [0.717, 1.165) is 14.7 Å². The van der Waals surface area contributed by atoms with Gasteiger partial charge in [0.1, 0.15) is 8.07 Å². The second-order valence-electron chi connectivity index (χ2n) is 7.60. The summed E-state index contributed by atoms with van der Waals surface area (Å²) < 4.78 is 1.10. The van der Waals surface area contributed by atoms with Gasteiger partial charge in [-0.05, 0) is 77.2 Å². The first-order valence-corrected chi connectivity index (χ1v) is 18.1. The van der Waals surface area contributed by atoms with Crippen LogP contribution in [0.5, 0.6) is 0 Å². The molecule has 0 fully saturated rings. The molecule has 0 aliphatic rings. The van der Waals surface area contributed by atoms with Crippen molar-refractivity contribution in [3.05, 3.63) is 99.4 Å². The van der Waals surface area contributed by atoms with E-state index in [0.29, 0.717) is 30.1 Å². The van der Waals surface area contributed by atoms with Crippen molar-refractivity contribution in [2.75, 3.05) is 5.34 Å². The van der Waals surface area contributed by atoms with Crippen LogP contribution in [0.1, 0.15) is 11.1 Å². The summed E-state index contributed by atoms with van der Waals surface area (Å²) in [5, 5.41) is 3.47. The predicted octanol–water partition coefficient (Wildman–Crippen LogP) is 12.5. The lowest BCUT2D eigenvalue weighted by Gasteiger charge is -2.00. The third-order valence-corrected chi connectivity index (χ3v) is 7.24. The summed E-state index contributed by atoms with van der Waals surface area (Å²) in [6.45, 7) is 6.44. The molecular formula is C28H23Cl8ISi. The highest BCUT2D eigenvalue weighted by Crippen LogP contribution is 2.23. The fourth-order valence-electron chi connectivity index (χ4n) is 1.64. The van der Waals surface area contributed by atoms with Crippen molar-refractivity contribution in [3.8, 4) is 36.7 Å². The Kier molecular flexibility index (Phi) is 23.3. The molecule has 0 spiro atoms.